The maximum atomic E-state index is 4.18. The number of benzene rings is 1. The van der Waals surface area contributed by atoms with Crippen LogP contribution in [0.2, 0.25) is 0 Å². The molecule has 2 N–H and O–H groups in total. The zero-order valence-corrected chi connectivity index (χ0v) is 15.2. The van der Waals surface area contributed by atoms with Crippen molar-refractivity contribution in [3.05, 3.63) is 42.0 Å². The molecule has 0 bridgehead atoms. The molecular formula is C16H25IN4. The van der Waals surface area contributed by atoms with Gasteiger partial charge >= 0.3 is 0 Å². The number of anilines is 1. The Morgan fingerprint density at radius 2 is 2.24 bits per heavy atom. The predicted molar refractivity (Wildman–Crippen MR) is 102 cm³/mol. The third-order valence-electron chi connectivity index (χ3n) is 3.59. The van der Waals surface area contributed by atoms with Crippen molar-refractivity contribution in [3.8, 4) is 0 Å². The maximum absolute atomic E-state index is 4.18. The lowest BCUT2D eigenvalue weighted by Crippen LogP contribution is -2.36. The van der Waals surface area contributed by atoms with Gasteiger partial charge in [0.1, 0.15) is 0 Å². The molecule has 1 heterocycles. The number of guanidine groups is 1. The van der Waals surface area contributed by atoms with E-state index in [0.717, 1.165) is 19.0 Å². The number of rotatable bonds is 4. The third kappa shape index (κ3) is 4.91. The first kappa shape index (κ1) is 17.8. The molecule has 0 amide bonds. The molecular weight excluding hydrogens is 375 g/mol. The standard InChI is InChI=1S/C16H24N4.HI/c1-4-9-18-16(17-2)19-12-13-7-8-15-14(11-13)6-5-10-20(15)3;/h4,7-8,11H,1,5-6,9-10,12H2,2-3H3,(H2,17,18,19);1H. The van der Waals surface area contributed by atoms with Crippen molar-refractivity contribution < 1.29 is 0 Å². The van der Waals surface area contributed by atoms with Gasteiger partial charge in [-0.3, -0.25) is 4.99 Å². The van der Waals surface area contributed by atoms with Gasteiger partial charge in [0, 0.05) is 39.4 Å². The second-order valence-electron chi connectivity index (χ2n) is 5.08. The van der Waals surface area contributed by atoms with Gasteiger partial charge in [0.2, 0.25) is 0 Å². The van der Waals surface area contributed by atoms with Crippen LogP contribution in [0.4, 0.5) is 5.69 Å². The van der Waals surface area contributed by atoms with E-state index in [0.29, 0.717) is 6.54 Å². The van der Waals surface area contributed by atoms with Crippen LogP contribution in [-0.4, -0.2) is 33.1 Å². The van der Waals surface area contributed by atoms with Crippen LogP contribution in [0.3, 0.4) is 0 Å². The van der Waals surface area contributed by atoms with Gasteiger partial charge in [0.15, 0.2) is 5.96 Å². The minimum absolute atomic E-state index is 0. The topological polar surface area (TPSA) is 39.7 Å². The molecule has 0 aromatic heterocycles. The Morgan fingerprint density at radius 3 is 2.95 bits per heavy atom. The smallest absolute Gasteiger partial charge is 0.191 e. The van der Waals surface area contributed by atoms with Crippen molar-refractivity contribution in [1.29, 1.82) is 0 Å². The summed E-state index contributed by atoms with van der Waals surface area (Å²) in [6.07, 6.45) is 4.24. The molecule has 0 unspecified atom stereocenters. The van der Waals surface area contributed by atoms with Crippen LogP contribution in [0.15, 0.2) is 35.8 Å². The summed E-state index contributed by atoms with van der Waals surface area (Å²) in [5, 5.41) is 6.49. The van der Waals surface area contributed by atoms with Crippen LogP contribution < -0.4 is 15.5 Å². The normalized spacial score (nSPS) is 14.0. The van der Waals surface area contributed by atoms with Gasteiger partial charge in [-0.25, -0.2) is 0 Å². The molecule has 0 fully saturated rings. The van der Waals surface area contributed by atoms with Crippen LogP contribution in [0, 0.1) is 0 Å². The fraction of sp³-hybridized carbons (Fsp3) is 0.438. The molecule has 1 aliphatic heterocycles. The number of nitrogens with one attached hydrogen (secondary N) is 2. The van der Waals surface area contributed by atoms with Crippen LogP contribution >= 0.6 is 24.0 Å². The molecule has 0 radical (unpaired) electrons. The Hall–Kier alpha value is -1.24. The second kappa shape index (κ2) is 8.92. The van der Waals surface area contributed by atoms with Crippen molar-refractivity contribution in [2.45, 2.75) is 19.4 Å². The van der Waals surface area contributed by atoms with Crippen LogP contribution in [0.5, 0.6) is 0 Å². The molecule has 4 nitrogen and oxygen atoms in total. The van der Waals surface area contributed by atoms with Gasteiger partial charge in [0.25, 0.3) is 0 Å². The van der Waals surface area contributed by atoms with E-state index in [1.807, 2.05) is 6.08 Å². The van der Waals surface area contributed by atoms with Crippen molar-refractivity contribution in [1.82, 2.24) is 10.6 Å². The molecule has 116 valence electrons. The van der Waals surface area contributed by atoms with E-state index >= 15 is 0 Å². The SMILES string of the molecule is C=CCNC(=NC)NCc1ccc2c(c1)CCCN2C.I. The fourth-order valence-electron chi connectivity index (χ4n) is 2.52. The van der Waals surface area contributed by atoms with Gasteiger partial charge in [-0.05, 0) is 30.0 Å². The summed E-state index contributed by atoms with van der Waals surface area (Å²) in [6.45, 7) is 6.35. The lowest BCUT2D eigenvalue weighted by atomic mass is 9.99. The van der Waals surface area contributed by atoms with Crippen molar-refractivity contribution >= 4 is 35.6 Å². The van der Waals surface area contributed by atoms with Crippen molar-refractivity contribution in [2.75, 3.05) is 32.1 Å². The summed E-state index contributed by atoms with van der Waals surface area (Å²) in [6, 6.07) is 6.72. The Morgan fingerprint density at radius 1 is 1.43 bits per heavy atom. The number of nitrogens with zero attached hydrogens (tertiary/aromatic N) is 2. The summed E-state index contributed by atoms with van der Waals surface area (Å²) in [5.74, 6) is 0.805. The van der Waals surface area contributed by atoms with E-state index < -0.39 is 0 Å². The first-order valence-corrected chi connectivity index (χ1v) is 7.13. The van der Waals surface area contributed by atoms with Crippen molar-refractivity contribution in [3.63, 3.8) is 0 Å². The highest BCUT2D eigenvalue weighted by Crippen LogP contribution is 2.26. The molecule has 21 heavy (non-hydrogen) atoms. The monoisotopic (exact) mass is 400 g/mol. The quantitative estimate of drug-likeness (QED) is 0.353. The average Bonchev–Trinajstić information content (AvgIpc) is 2.47. The molecule has 0 saturated heterocycles. The van der Waals surface area contributed by atoms with E-state index in [1.54, 1.807) is 7.05 Å². The average molecular weight is 400 g/mol. The first-order chi connectivity index (χ1) is 9.74. The minimum Gasteiger partial charge on any atom is -0.374 e. The predicted octanol–water partition coefficient (Wildman–Crippen LogP) is 2.54. The van der Waals surface area contributed by atoms with Crippen LogP contribution in [0.25, 0.3) is 0 Å². The molecule has 0 atom stereocenters. The largest absolute Gasteiger partial charge is 0.374 e. The number of aryl methyl sites for hydroxylation is 1. The highest BCUT2D eigenvalue weighted by atomic mass is 127. The maximum Gasteiger partial charge on any atom is 0.191 e. The van der Waals surface area contributed by atoms with Gasteiger partial charge < -0.3 is 15.5 Å². The van der Waals surface area contributed by atoms with E-state index in [4.69, 9.17) is 0 Å². The summed E-state index contributed by atoms with van der Waals surface area (Å²) in [5.41, 5.74) is 4.11. The van der Waals surface area contributed by atoms with Gasteiger partial charge in [-0.1, -0.05) is 18.2 Å². The van der Waals surface area contributed by atoms with E-state index in [1.165, 1.54) is 29.7 Å². The second-order valence-corrected chi connectivity index (χ2v) is 5.08. The van der Waals surface area contributed by atoms with E-state index in [-0.39, 0.29) is 24.0 Å². The Kier molecular flexibility index (Phi) is 7.56. The van der Waals surface area contributed by atoms with Gasteiger partial charge in [-0.15, -0.1) is 30.6 Å². The Labute approximate surface area is 144 Å². The highest BCUT2D eigenvalue weighted by molar-refractivity contribution is 14.0. The molecule has 0 spiro atoms. The summed E-state index contributed by atoms with van der Waals surface area (Å²) >= 11 is 0. The summed E-state index contributed by atoms with van der Waals surface area (Å²) in [7, 11) is 3.94. The zero-order valence-electron chi connectivity index (χ0n) is 12.9. The molecule has 1 aromatic rings. The number of hydrogen-bond acceptors (Lipinski definition) is 2. The molecule has 1 aliphatic rings. The summed E-state index contributed by atoms with van der Waals surface area (Å²) < 4.78 is 0. The molecule has 0 aliphatic carbocycles. The highest BCUT2D eigenvalue weighted by Gasteiger charge is 2.13. The lowest BCUT2D eigenvalue weighted by Gasteiger charge is -2.28. The molecule has 0 saturated carbocycles. The minimum atomic E-state index is 0. The van der Waals surface area contributed by atoms with Crippen LogP contribution in [-0.2, 0) is 13.0 Å². The van der Waals surface area contributed by atoms with E-state index in [2.05, 4.69) is 52.4 Å². The first-order valence-electron chi connectivity index (χ1n) is 7.13. The number of fused-ring (bicyclic) bond motifs is 1. The Bertz CT molecular complexity index is 499. The number of hydrogen-bond donors (Lipinski definition) is 2. The van der Waals surface area contributed by atoms with Gasteiger partial charge in [-0.2, -0.15) is 0 Å². The number of aliphatic imine (C=N–C) groups is 1. The zero-order chi connectivity index (χ0) is 14.4. The molecule has 5 heteroatoms. The third-order valence-corrected chi connectivity index (χ3v) is 3.59. The van der Waals surface area contributed by atoms with Crippen molar-refractivity contribution in [2.24, 2.45) is 4.99 Å². The van der Waals surface area contributed by atoms with E-state index in [9.17, 15) is 0 Å². The fourth-order valence-corrected chi connectivity index (χ4v) is 2.52. The molecule has 1 aromatic carbocycles. The number of halogens is 1. The summed E-state index contributed by atoms with van der Waals surface area (Å²) in [4.78, 5) is 6.51. The molecule has 2 rings (SSSR count). The van der Waals surface area contributed by atoms with Gasteiger partial charge in [0.05, 0.1) is 0 Å². The Balaban J connectivity index is 0.00000220. The van der Waals surface area contributed by atoms with Crippen LogP contribution in [0.1, 0.15) is 17.5 Å². The lowest BCUT2D eigenvalue weighted by molar-refractivity contribution is 0.741.